The van der Waals surface area contributed by atoms with Gasteiger partial charge in [0, 0.05) is 35.6 Å². The number of aliphatic hydroxyl groups is 4. The number of nitrogens with two attached hydrogens (primary N) is 2. The fourth-order valence-corrected chi connectivity index (χ4v) is 6.49. The summed E-state index contributed by atoms with van der Waals surface area (Å²) in [5.74, 6) is -2.05. The van der Waals surface area contributed by atoms with Gasteiger partial charge in [-0.25, -0.2) is 0 Å². The molecule has 1 aromatic heterocycles. The van der Waals surface area contributed by atoms with E-state index in [4.69, 9.17) is 20.9 Å². The number of unbranched alkanes of at least 4 members (excludes halogenated alkanes) is 1. The number of amides is 4. The van der Waals surface area contributed by atoms with Crippen LogP contribution in [0, 0.1) is 0 Å². The Hall–Kier alpha value is -4.58. The van der Waals surface area contributed by atoms with Crippen LogP contribution < -0.4 is 26.8 Å². The van der Waals surface area contributed by atoms with Crippen molar-refractivity contribution in [1.82, 2.24) is 20.5 Å². The number of hydrogen-bond acceptors (Lipinski definition) is 11. The van der Waals surface area contributed by atoms with Gasteiger partial charge in [-0.05, 0) is 74.5 Å². The molecule has 2 aliphatic rings. The Balaban J connectivity index is 1.23. The number of nitrogens with zero attached hydrogens (tertiary/aromatic N) is 1. The zero-order valence-corrected chi connectivity index (χ0v) is 28.0. The highest BCUT2D eigenvalue weighted by molar-refractivity contribution is 5.99. The molecule has 0 spiro atoms. The maximum absolute atomic E-state index is 13.9. The van der Waals surface area contributed by atoms with Crippen LogP contribution in [0.4, 0.5) is 0 Å². The summed E-state index contributed by atoms with van der Waals surface area (Å²) in [6.07, 6.45) is -3.03. The molecule has 0 aliphatic carbocycles. The molecular weight excluding hydrogens is 664 g/mol. The number of nitrogens with one attached hydrogen (secondary N) is 3. The molecule has 276 valence electrons. The molecule has 11 N–H and O–H groups in total. The minimum atomic E-state index is -1.61. The topological polar surface area (TPSA) is 263 Å². The average Bonchev–Trinajstić information content (AvgIpc) is 3.79. The van der Waals surface area contributed by atoms with Crippen molar-refractivity contribution in [3.8, 4) is 5.75 Å². The lowest BCUT2D eigenvalue weighted by Crippen LogP contribution is -2.60. The molecule has 0 radical (unpaired) electrons. The number of para-hydroxylation sites is 1. The number of fused-ring (bicyclic) bond motifs is 1. The lowest BCUT2D eigenvalue weighted by atomic mass is 9.99. The largest absolute Gasteiger partial charge is 0.462 e. The lowest BCUT2D eigenvalue weighted by Gasteiger charge is -2.39. The molecule has 3 heterocycles. The van der Waals surface area contributed by atoms with Crippen LogP contribution in [0.25, 0.3) is 10.9 Å². The molecule has 0 saturated carbocycles. The number of primary amides is 1. The van der Waals surface area contributed by atoms with Crippen molar-refractivity contribution in [3.05, 3.63) is 65.9 Å². The normalized spacial score (nSPS) is 24.5. The molecule has 16 heteroatoms. The van der Waals surface area contributed by atoms with Crippen LogP contribution >= 0.6 is 0 Å². The number of hydrogen-bond donors (Lipinski definition) is 9. The third-order valence-corrected chi connectivity index (χ3v) is 9.36. The average molecular weight is 711 g/mol. The van der Waals surface area contributed by atoms with Crippen molar-refractivity contribution in [2.75, 3.05) is 19.7 Å². The van der Waals surface area contributed by atoms with E-state index in [1.54, 1.807) is 6.20 Å². The molecule has 2 fully saturated rings. The predicted octanol–water partition coefficient (Wildman–Crippen LogP) is -1.22. The molecule has 0 unspecified atom stereocenters. The fourth-order valence-electron chi connectivity index (χ4n) is 6.49. The predicted molar refractivity (Wildman–Crippen MR) is 183 cm³/mol. The summed E-state index contributed by atoms with van der Waals surface area (Å²) < 4.78 is 11.0. The number of aliphatic hydroxyl groups excluding tert-OH is 4. The number of rotatable bonds is 15. The number of aromatic nitrogens is 1. The Labute approximate surface area is 294 Å². The fraction of sp³-hybridized carbons (Fsp3) is 0.486. The summed E-state index contributed by atoms with van der Waals surface area (Å²) in [6.45, 7) is 0.0654. The minimum absolute atomic E-state index is 0.163. The van der Waals surface area contributed by atoms with E-state index in [1.807, 2.05) is 24.3 Å². The molecule has 2 aliphatic heterocycles. The van der Waals surface area contributed by atoms with E-state index in [9.17, 15) is 39.6 Å². The number of likely N-dealkylation sites (tertiary alicyclic amines) is 1. The van der Waals surface area contributed by atoms with Gasteiger partial charge in [-0.1, -0.05) is 18.2 Å². The first kappa shape index (κ1) is 37.7. The minimum Gasteiger partial charge on any atom is -0.462 e. The molecule has 0 bridgehead atoms. The summed E-state index contributed by atoms with van der Waals surface area (Å²) >= 11 is 0. The quantitative estimate of drug-likeness (QED) is 0.0844. The van der Waals surface area contributed by atoms with Gasteiger partial charge in [0.15, 0.2) is 0 Å². The van der Waals surface area contributed by atoms with Crippen molar-refractivity contribution in [2.45, 2.75) is 87.4 Å². The molecule has 2 saturated heterocycles. The van der Waals surface area contributed by atoms with E-state index in [-0.39, 0.29) is 30.7 Å². The number of benzene rings is 2. The summed E-state index contributed by atoms with van der Waals surface area (Å²) in [5.41, 5.74) is 13.3. The first-order valence-electron chi connectivity index (χ1n) is 17.1. The van der Waals surface area contributed by atoms with Gasteiger partial charge in [-0.3, -0.25) is 19.2 Å². The van der Waals surface area contributed by atoms with Gasteiger partial charge in [0.2, 0.25) is 24.0 Å². The van der Waals surface area contributed by atoms with Crippen LogP contribution in [0.2, 0.25) is 0 Å². The third kappa shape index (κ3) is 8.84. The Morgan fingerprint density at radius 2 is 1.73 bits per heavy atom. The molecule has 5 rings (SSSR count). The standard InChI is InChI=1S/C35H46N6O10/c36-14-4-3-8-24(39-32(47)19-10-12-21(13-11-19)50-35-30(45)29(44)28(43)27(18-42)51-35)34(49)41-15-5-9-26(41)33(48)40-25(31(37)46)16-20-17-38-23-7-2-1-6-22(20)23/h1-2,6-7,10-13,17,24-30,35,38,42-45H,3-5,8-9,14-16,18,36H2,(H2,37,46)(H,39,47)(H,40,48)/t24-,25-,26-,27+,28-,29-,30+,35+/m0/s1. The molecule has 16 nitrogen and oxygen atoms in total. The highest BCUT2D eigenvalue weighted by Crippen LogP contribution is 2.26. The van der Waals surface area contributed by atoms with Crippen LogP contribution in [0.1, 0.15) is 48.0 Å². The van der Waals surface area contributed by atoms with Crippen molar-refractivity contribution >= 4 is 34.5 Å². The van der Waals surface area contributed by atoms with Crippen molar-refractivity contribution in [1.29, 1.82) is 0 Å². The zero-order valence-electron chi connectivity index (χ0n) is 28.0. The second kappa shape index (κ2) is 17.1. The molecular formula is C35H46N6O10. The van der Waals surface area contributed by atoms with E-state index in [1.165, 1.54) is 29.2 Å². The van der Waals surface area contributed by atoms with E-state index in [2.05, 4.69) is 15.6 Å². The van der Waals surface area contributed by atoms with E-state index < -0.39 is 79.1 Å². The number of aromatic amines is 1. The van der Waals surface area contributed by atoms with Crippen LogP contribution in [0.5, 0.6) is 5.75 Å². The van der Waals surface area contributed by atoms with Crippen molar-refractivity contribution in [2.24, 2.45) is 11.5 Å². The first-order chi connectivity index (χ1) is 24.5. The second-order valence-corrected chi connectivity index (χ2v) is 12.9. The molecule has 51 heavy (non-hydrogen) atoms. The van der Waals surface area contributed by atoms with Gasteiger partial charge in [-0.2, -0.15) is 0 Å². The Morgan fingerprint density at radius 1 is 0.980 bits per heavy atom. The first-order valence-corrected chi connectivity index (χ1v) is 17.1. The molecule has 8 atom stereocenters. The summed E-state index contributed by atoms with van der Waals surface area (Å²) in [7, 11) is 0. The maximum Gasteiger partial charge on any atom is 0.251 e. The number of ether oxygens (including phenoxy) is 2. The number of carbonyl (C=O) groups is 4. The van der Waals surface area contributed by atoms with Crippen LogP contribution in [-0.2, 0) is 25.5 Å². The summed E-state index contributed by atoms with van der Waals surface area (Å²) in [4.78, 5) is 57.9. The van der Waals surface area contributed by atoms with Crippen LogP contribution in [0.15, 0.2) is 54.7 Å². The van der Waals surface area contributed by atoms with Gasteiger partial charge < -0.3 is 61.9 Å². The number of H-pyrrole nitrogens is 1. The van der Waals surface area contributed by atoms with Crippen LogP contribution in [0.3, 0.4) is 0 Å². The molecule has 3 aromatic rings. The van der Waals surface area contributed by atoms with Gasteiger partial charge >= 0.3 is 0 Å². The highest BCUT2D eigenvalue weighted by Gasteiger charge is 2.45. The van der Waals surface area contributed by atoms with Gasteiger partial charge in [-0.15, -0.1) is 0 Å². The summed E-state index contributed by atoms with van der Waals surface area (Å²) in [5, 5.41) is 46.1. The van der Waals surface area contributed by atoms with Crippen LogP contribution in [-0.4, -0.2) is 122 Å². The Morgan fingerprint density at radius 3 is 2.43 bits per heavy atom. The van der Waals surface area contributed by atoms with Gasteiger partial charge in [0.25, 0.3) is 5.91 Å². The van der Waals surface area contributed by atoms with Gasteiger partial charge in [0.1, 0.15) is 48.3 Å². The maximum atomic E-state index is 13.9. The summed E-state index contributed by atoms with van der Waals surface area (Å²) in [6, 6.07) is 10.4. The van der Waals surface area contributed by atoms with Crippen molar-refractivity contribution < 1.29 is 49.1 Å². The SMILES string of the molecule is NCCCC[C@H](NC(=O)c1ccc(O[C@@H]2O[C@H](CO)[C@H](O)[C@H](O)[C@H]2O)cc1)C(=O)N1CCC[C@H]1C(=O)N[C@@H](Cc1c[nH]c2ccccc12)C(N)=O. The van der Waals surface area contributed by atoms with Crippen molar-refractivity contribution in [3.63, 3.8) is 0 Å². The second-order valence-electron chi connectivity index (χ2n) is 12.9. The Kier molecular flexibility index (Phi) is 12.6. The Bertz CT molecular complexity index is 1670. The molecule has 2 aromatic carbocycles. The third-order valence-electron chi connectivity index (χ3n) is 9.36. The highest BCUT2D eigenvalue weighted by atomic mass is 16.7. The monoisotopic (exact) mass is 710 g/mol. The van der Waals surface area contributed by atoms with E-state index in [0.29, 0.717) is 32.2 Å². The number of carbonyl (C=O) groups excluding carboxylic acids is 4. The zero-order chi connectivity index (χ0) is 36.7. The molecule has 4 amide bonds. The van der Waals surface area contributed by atoms with E-state index in [0.717, 1.165) is 16.5 Å². The van der Waals surface area contributed by atoms with E-state index >= 15 is 0 Å². The van der Waals surface area contributed by atoms with Gasteiger partial charge in [0.05, 0.1) is 6.61 Å². The smallest absolute Gasteiger partial charge is 0.251 e. The lowest BCUT2D eigenvalue weighted by molar-refractivity contribution is -0.277.